The number of likely N-dealkylation sites (tertiary alicyclic amines) is 1. The molecule has 26 heavy (non-hydrogen) atoms. The molecule has 0 spiro atoms. The number of nitrogens with zero attached hydrogens (tertiary/aromatic N) is 3. The summed E-state index contributed by atoms with van der Waals surface area (Å²) in [6.45, 7) is 2.28. The predicted molar refractivity (Wildman–Crippen MR) is 105 cm³/mol. The molecular formula is C19H17Cl3FN3. The van der Waals surface area contributed by atoms with Crippen molar-refractivity contribution in [1.82, 2.24) is 4.90 Å². The van der Waals surface area contributed by atoms with Gasteiger partial charge in [0.05, 0.1) is 15.6 Å². The van der Waals surface area contributed by atoms with E-state index in [0.29, 0.717) is 27.7 Å². The van der Waals surface area contributed by atoms with Crippen molar-refractivity contribution in [3.05, 3.63) is 62.3 Å². The highest BCUT2D eigenvalue weighted by Crippen LogP contribution is 2.32. The first-order valence-corrected chi connectivity index (χ1v) is 9.30. The first kappa shape index (κ1) is 19.3. The topological polar surface area (TPSA) is 30.3 Å². The van der Waals surface area contributed by atoms with E-state index in [1.54, 1.807) is 12.1 Å². The Morgan fingerprint density at radius 1 is 1.19 bits per heavy atom. The van der Waals surface area contributed by atoms with Gasteiger partial charge in [-0.05, 0) is 55.9 Å². The van der Waals surface area contributed by atoms with Crippen LogP contribution in [0.15, 0.2) is 30.3 Å². The molecule has 0 aromatic heterocycles. The molecule has 7 heteroatoms. The maximum atomic E-state index is 13.9. The summed E-state index contributed by atoms with van der Waals surface area (Å²) in [5, 5.41) is 9.92. The lowest BCUT2D eigenvalue weighted by Gasteiger charge is -2.32. The molecule has 1 heterocycles. The van der Waals surface area contributed by atoms with Crippen LogP contribution < -0.4 is 4.90 Å². The Bertz CT molecular complexity index is 866. The number of benzene rings is 2. The highest BCUT2D eigenvalue weighted by molar-refractivity contribution is 6.35. The van der Waals surface area contributed by atoms with Gasteiger partial charge in [-0.15, -0.1) is 0 Å². The van der Waals surface area contributed by atoms with Gasteiger partial charge in [0, 0.05) is 29.8 Å². The molecule has 1 atom stereocenters. The van der Waals surface area contributed by atoms with Gasteiger partial charge >= 0.3 is 0 Å². The molecule has 1 aliphatic rings. The second-order valence-electron chi connectivity index (χ2n) is 6.47. The van der Waals surface area contributed by atoms with Gasteiger partial charge in [0.2, 0.25) is 0 Å². The van der Waals surface area contributed by atoms with Crippen LogP contribution in [0.2, 0.25) is 15.1 Å². The Morgan fingerprint density at radius 3 is 2.58 bits per heavy atom. The summed E-state index contributed by atoms with van der Waals surface area (Å²) in [5.41, 5.74) is 1.96. The Labute approximate surface area is 167 Å². The van der Waals surface area contributed by atoms with Crippen LogP contribution >= 0.6 is 34.8 Å². The summed E-state index contributed by atoms with van der Waals surface area (Å²) < 4.78 is 13.9. The fourth-order valence-corrected chi connectivity index (χ4v) is 3.90. The van der Waals surface area contributed by atoms with Crippen LogP contribution in [0, 0.1) is 17.1 Å². The zero-order chi connectivity index (χ0) is 18.8. The number of hydrogen-bond donors (Lipinski definition) is 0. The fourth-order valence-electron chi connectivity index (χ4n) is 3.24. The van der Waals surface area contributed by atoms with E-state index in [1.807, 2.05) is 6.07 Å². The van der Waals surface area contributed by atoms with Crippen molar-refractivity contribution in [2.45, 2.75) is 19.0 Å². The Hall–Kier alpha value is -1.51. The van der Waals surface area contributed by atoms with E-state index in [0.717, 1.165) is 25.2 Å². The van der Waals surface area contributed by atoms with E-state index in [2.05, 4.69) is 22.9 Å². The third kappa shape index (κ3) is 4.07. The van der Waals surface area contributed by atoms with Crippen molar-refractivity contribution >= 4 is 40.5 Å². The summed E-state index contributed by atoms with van der Waals surface area (Å²) in [6, 6.07) is 10.4. The molecule has 0 unspecified atom stereocenters. The van der Waals surface area contributed by atoms with E-state index in [9.17, 15) is 4.39 Å². The van der Waals surface area contributed by atoms with Gasteiger partial charge in [0.25, 0.3) is 0 Å². The lowest BCUT2D eigenvalue weighted by molar-refractivity contribution is 0.407. The van der Waals surface area contributed by atoms with Crippen molar-refractivity contribution in [2.24, 2.45) is 0 Å². The monoisotopic (exact) mass is 411 g/mol. The van der Waals surface area contributed by atoms with E-state index in [4.69, 9.17) is 40.1 Å². The first-order valence-electron chi connectivity index (χ1n) is 8.17. The number of rotatable bonds is 4. The van der Waals surface area contributed by atoms with Gasteiger partial charge in [-0.25, -0.2) is 4.39 Å². The van der Waals surface area contributed by atoms with Gasteiger partial charge in [0.1, 0.15) is 11.9 Å². The molecule has 2 aromatic carbocycles. The van der Waals surface area contributed by atoms with Gasteiger partial charge in [-0.1, -0.05) is 34.8 Å². The minimum Gasteiger partial charge on any atom is -0.363 e. The summed E-state index contributed by atoms with van der Waals surface area (Å²) in [4.78, 5) is 4.40. The Morgan fingerprint density at radius 2 is 1.96 bits per heavy atom. The Balaban J connectivity index is 1.98. The molecule has 0 radical (unpaired) electrons. The molecule has 1 fully saturated rings. The molecule has 3 nitrogen and oxygen atoms in total. The summed E-state index contributed by atoms with van der Waals surface area (Å²) in [7, 11) is 2.07. The molecule has 0 bridgehead atoms. The van der Waals surface area contributed by atoms with Gasteiger partial charge in [-0.2, -0.15) is 5.26 Å². The zero-order valence-electron chi connectivity index (χ0n) is 14.1. The number of likely N-dealkylation sites (N-methyl/N-ethyl adjacent to an activating group) is 1. The SMILES string of the molecule is CN1CC[C@H](N(Cc2cc(F)c(Cl)cc2Cl)c2ccc(C#N)c(Cl)c2)C1. The predicted octanol–water partition coefficient (Wildman–Crippen LogP) is 5.37. The molecule has 0 N–H and O–H groups in total. The number of halogens is 4. The molecule has 0 saturated carbocycles. The van der Waals surface area contributed by atoms with E-state index in [-0.39, 0.29) is 11.1 Å². The average molecular weight is 413 g/mol. The smallest absolute Gasteiger partial charge is 0.142 e. The van der Waals surface area contributed by atoms with Gasteiger partial charge < -0.3 is 9.80 Å². The maximum absolute atomic E-state index is 13.9. The second kappa shape index (κ2) is 8.02. The molecule has 2 aromatic rings. The minimum absolute atomic E-state index is 0.00678. The normalized spacial score (nSPS) is 17.3. The molecular weight excluding hydrogens is 396 g/mol. The van der Waals surface area contributed by atoms with Crippen LogP contribution in [-0.4, -0.2) is 31.1 Å². The third-order valence-corrected chi connectivity index (χ3v) is 5.60. The van der Waals surface area contributed by atoms with Crippen molar-refractivity contribution < 1.29 is 4.39 Å². The van der Waals surface area contributed by atoms with Gasteiger partial charge in [0.15, 0.2) is 0 Å². The van der Waals surface area contributed by atoms with Crippen molar-refractivity contribution in [1.29, 1.82) is 5.26 Å². The molecule has 1 aliphatic heterocycles. The van der Waals surface area contributed by atoms with Crippen LogP contribution in [-0.2, 0) is 6.54 Å². The quantitative estimate of drug-likeness (QED) is 0.633. The van der Waals surface area contributed by atoms with E-state index in [1.165, 1.54) is 12.1 Å². The molecule has 3 rings (SSSR count). The van der Waals surface area contributed by atoms with E-state index < -0.39 is 5.82 Å². The zero-order valence-corrected chi connectivity index (χ0v) is 16.4. The fraction of sp³-hybridized carbons (Fsp3) is 0.316. The lowest BCUT2D eigenvalue weighted by Crippen LogP contribution is -2.36. The van der Waals surface area contributed by atoms with Crippen LogP contribution in [0.1, 0.15) is 17.5 Å². The largest absolute Gasteiger partial charge is 0.363 e. The maximum Gasteiger partial charge on any atom is 0.142 e. The van der Waals surface area contributed by atoms with Crippen LogP contribution in [0.25, 0.3) is 0 Å². The molecule has 0 aliphatic carbocycles. The lowest BCUT2D eigenvalue weighted by atomic mass is 10.1. The van der Waals surface area contributed by atoms with Crippen LogP contribution in [0.4, 0.5) is 10.1 Å². The molecule has 136 valence electrons. The number of nitriles is 1. The highest BCUT2D eigenvalue weighted by Gasteiger charge is 2.27. The van der Waals surface area contributed by atoms with E-state index >= 15 is 0 Å². The number of hydrogen-bond acceptors (Lipinski definition) is 3. The molecule has 1 saturated heterocycles. The second-order valence-corrected chi connectivity index (χ2v) is 7.69. The highest BCUT2D eigenvalue weighted by atomic mass is 35.5. The standard InChI is InChI=1S/C19H17Cl3FN3/c1-25-5-4-15(11-25)26(14-3-2-12(9-24)16(20)7-14)10-13-6-19(23)18(22)8-17(13)21/h2-3,6-8,15H,4-5,10-11H2,1H3/t15-/m0/s1. The third-order valence-electron chi connectivity index (χ3n) is 4.64. The minimum atomic E-state index is -0.493. The Kier molecular flexibility index (Phi) is 5.94. The van der Waals surface area contributed by atoms with Crippen LogP contribution in [0.5, 0.6) is 0 Å². The van der Waals surface area contributed by atoms with Crippen molar-refractivity contribution in [3.8, 4) is 6.07 Å². The van der Waals surface area contributed by atoms with Gasteiger partial charge in [-0.3, -0.25) is 0 Å². The molecule has 0 amide bonds. The van der Waals surface area contributed by atoms with Crippen molar-refractivity contribution in [2.75, 3.05) is 25.0 Å². The summed E-state index contributed by atoms with van der Waals surface area (Å²) in [6.07, 6.45) is 0.974. The van der Waals surface area contributed by atoms with Crippen LogP contribution in [0.3, 0.4) is 0 Å². The first-order chi connectivity index (χ1) is 12.4. The summed E-state index contributed by atoms with van der Waals surface area (Å²) in [5.74, 6) is -0.493. The van der Waals surface area contributed by atoms with Crippen molar-refractivity contribution in [3.63, 3.8) is 0 Å². The average Bonchev–Trinajstić information content (AvgIpc) is 3.03. The summed E-state index contributed by atoms with van der Waals surface area (Å²) >= 11 is 18.3. The number of anilines is 1.